The van der Waals surface area contributed by atoms with Gasteiger partial charge >= 0.3 is 0 Å². The van der Waals surface area contributed by atoms with E-state index >= 15 is 0 Å². The highest BCUT2D eigenvalue weighted by atomic mass is 19.1. The third kappa shape index (κ3) is 4.35. The van der Waals surface area contributed by atoms with E-state index in [0.717, 1.165) is 0 Å². The van der Waals surface area contributed by atoms with Crippen molar-refractivity contribution in [2.45, 2.75) is 13.0 Å². The van der Waals surface area contributed by atoms with E-state index in [1.54, 1.807) is 24.3 Å². The molecule has 0 amide bonds. The molecule has 25 heavy (non-hydrogen) atoms. The zero-order valence-corrected chi connectivity index (χ0v) is 14.2. The average Bonchev–Trinajstić information content (AvgIpc) is 2.65. The number of rotatable bonds is 4. The number of hydrogen-bond acceptors (Lipinski definition) is 1. The Hall–Kier alpha value is -2.89. The molecule has 0 saturated carbocycles. The number of benzene rings is 3. The van der Waals surface area contributed by atoms with Gasteiger partial charge in [-0.3, -0.25) is 0 Å². The van der Waals surface area contributed by atoms with E-state index in [-0.39, 0.29) is 11.9 Å². The van der Waals surface area contributed by atoms with E-state index in [1.165, 1.54) is 22.4 Å². The van der Waals surface area contributed by atoms with Gasteiger partial charge in [-0.1, -0.05) is 72.5 Å². The molecule has 1 atom stereocenters. The van der Waals surface area contributed by atoms with Crippen molar-refractivity contribution in [1.29, 1.82) is 0 Å². The molecule has 2 heteroatoms. The lowest BCUT2D eigenvalue weighted by molar-refractivity contribution is 0.621. The second-order valence-electron chi connectivity index (χ2n) is 5.85. The maximum Gasteiger partial charge on any atom is 0.138 e. The highest BCUT2D eigenvalue weighted by Gasteiger charge is 2.07. The SMILES string of the molecule is CC(NC/C=C\C#Cc1ccccc1F)c1cccc2ccccc12. The largest absolute Gasteiger partial charge is 0.307 e. The summed E-state index contributed by atoms with van der Waals surface area (Å²) in [6.07, 6.45) is 3.71. The summed E-state index contributed by atoms with van der Waals surface area (Å²) in [6, 6.07) is 21.5. The van der Waals surface area contributed by atoms with Crippen LogP contribution in [-0.4, -0.2) is 6.54 Å². The Balaban J connectivity index is 1.60. The van der Waals surface area contributed by atoms with Gasteiger partial charge in [0.1, 0.15) is 5.82 Å². The zero-order chi connectivity index (χ0) is 17.5. The van der Waals surface area contributed by atoms with Crippen molar-refractivity contribution >= 4 is 10.8 Å². The minimum Gasteiger partial charge on any atom is -0.307 e. The smallest absolute Gasteiger partial charge is 0.138 e. The fourth-order valence-electron chi connectivity index (χ4n) is 2.78. The van der Waals surface area contributed by atoms with Crippen molar-refractivity contribution in [2.24, 2.45) is 0 Å². The maximum atomic E-state index is 13.4. The van der Waals surface area contributed by atoms with Gasteiger partial charge in [-0.2, -0.15) is 0 Å². The molecule has 0 saturated heterocycles. The first-order valence-electron chi connectivity index (χ1n) is 8.38. The van der Waals surface area contributed by atoms with Gasteiger partial charge in [0.25, 0.3) is 0 Å². The number of hydrogen-bond donors (Lipinski definition) is 1. The molecule has 124 valence electrons. The number of halogens is 1. The molecule has 0 spiro atoms. The molecule has 0 aliphatic rings. The minimum atomic E-state index is -0.286. The first kappa shape index (κ1) is 17.0. The number of fused-ring (bicyclic) bond motifs is 1. The fourth-order valence-corrected chi connectivity index (χ4v) is 2.78. The van der Waals surface area contributed by atoms with Gasteiger partial charge in [0, 0.05) is 12.6 Å². The van der Waals surface area contributed by atoms with E-state index in [9.17, 15) is 4.39 Å². The molecule has 0 aromatic heterocycles. The van der Waals surface area contributed by atoms with Gasteiger partial charge in [0.05, 0.1) is 5.56 Å². The Morgan fingerprint density at radius 3 is 2.64 bits per heavy atom. The summed E-state index contributed by atoms with van der Waals surface area (Å²) in [4.78, 5) is 0. The summed E-state index contributed by atoms with van der Waals surface area (Å²) in [5.41, 5.74) is 1.70. The third-order valence-corrected chi connectivity index (χ3v) is 4.11. The monoisotopic (exact) mass is 329 g/mol. The van der Waals surface area contributed by atoms with E-state index in [0.29, 0.717) is 12.1 Å². The van der Waals surface area contributed by atoms with Crippen LogP contribution in [0.5, 0.6) is 0 Å². The lowest BCUT2D eigenvalue weighted by Gasteiger charge is -2.15. The molecule has 3 aromatic rings. The van der Waals surface area contributed by atoms with Gasteiger partial charge in [-0.15, -0.1) is 0 Å². The summed E-state index contributed by atoms with van der Waals surface area (Å²) < 4.78 is 13.4. The Labute approximate surface area is 148 Å². The number of allylic oxidation sites excluding steroid dienone is 1. The van der Waals surface area contributed by atoms with E-state index < -0.39 is 0 Å². The predicted molar refractivity (Wildman–Crippen MR) is 103 cm³/mol. The lowest BCUT2D eigenvalue weighted by Crippen LogP contribution is -2.18. The molecule has 0 heterocycles. The second-order valence-corrected chi connectivity index (χ2v) is 5.85. The average molecular weight is 329 g/mol. The van der Waals surface area contributed by atoms with Crippen molar-refractivity contribution in [3.8, 4) is 11.8 Å². The standard InChI is InChI=1S/C23H20FN/c1-18(21-15-9-13-19-10-4-6-14-22(19)21)25-17-8-2-3-11-20-12-5-7-16-23(20)24/h2,4-10,12-16,18,25H,17H2,1H3/b8-2-. The minimum absolute atomic E-state index is 0.232. The molecule has 0 aliphatic heterocycles. The van der Waals surface area contributed by atoms with E-state index in [1.807, 2.05) is 6.08 Å². The Morgan fingerprint density at radius 2 is 1.76 bits per heavy atom. The maximum absolute atomic E-state index is 13.4. The van der Waals surface area contributed by atoms with Crippen LogP contribution >= 0.6 is 0 Å². The zero-order valence-electron chi connectivity index (χ0n) is 14.2. The molecule has 1 N–H and O–H groups in total. The predicted octanol–water partition coefficient (Wildman–Crippen LogP) is 5.24. The van der Waals surface area contributed by atoms with E-state index in [4.69, 9.17) is 0 Å². The molecule has 0 fully saturated rings. The topological polar surface area (TPSA) is 12.0 Å². The summed E-state index contributed by atoms with van der Waals surface area (Å²) in [5.74, 6) is 5.41. The summed E-state index contributed by atoms with van der Waals surface area (Å²) in [5, 5.41) is 5.99. The van der Waals surface area contributed by atoms with Crippen molar-refractivity contribution in [1.82, 2.24) is 5.32 Å². The van der Waals surface area contributed by atoms with Crippen LogP contribution in [-0.2, 0) is 0 Å². The molecule has 3 rings (SSSR count). The quantitative estimate of drug-likeness (QED) is 0.646. The summed E-state index contributed by atoms with van der Waals surface area (Å²) >= 11 is 0. The molecule has 1 unspecified atom stereocenters. The Bertz CT molecular complexity index is 941. The molecule has 0 aliphatic carbocycles. The molecule has 0 bridgehead atoms. The van der Waals surface area contributed by atoms with Crippen LogP contribution in [0.3, 0.4) is 0 Å². The number of nitrogens with one attached hydrogen (secondary N) is 1. The van der Waals surface area contributed by atoms with Crippen LogP contribution in [0.4, 0.5) is 4.39 Å². The molecular formula is C23H20FN. The fraction of sp³-hybridized carbons (Fsp3) is 0.130. The first-order chi connectivity index (χ1) is 12.3. The second kappa shape index (κ2) is 8.28. The van der Waals surface area contributed by atoms with Gasteiger partial charge in [-0.25, -0.2) is 4.39 Å². The van der Waals surface area contributed by atoms with Crippen LogP contribution in [0.25, 0.3) is 10.8 Å². The van der Waals surface area contributed by atoms with Crippen molar-refractivity contribution < 1.29 is 4.39 Å². The van der Waals surface area contributed by atoms with Gasteiger partial charge in [0.15, 0.2) is 0 Å². The Kier molecular flexibility index (Phi) is 5.61. The van der Waals surface area contributed by atoms with Gasteiger partial charge < -0.3 is 5.32 Å². The first-order valence-corrected chi connectivity index (χ1v) is 8.38. The van der Waals surface area contributed by atoms with Crippen LogP contribution in [0.1, 0.15) is 24.1 Å². The van der Waals surface area contributed by atoms with Crippen molar-refractivity contribution in [3.05, 3.63) is 95.8 Å². The highest BCUT2D eigenvalue weighted by Crippen LogP contribution is 2.23. The molecule has 1 nitrogen and oxygen atoms in total. The third-order valence-electron chi connectivity index (χ3n) is 4.11. The van der Waals surface area contributed by atoms with Crippen LogP contribution < -0.4 is 5.32 Å². The van der Waals surface area contributed by atoms with E-state index in [2.05, 4.69) is 66.5 Å². The Morgan fingerprint density at radius 1 is 1.00 bits per heavy atom. The van der Waals surface area contributed by atoms with Crippen molar-refractivity contribution in [2.75, 3.05) is 6.54 Å². The molecule has 3 aromatic carbocycles. The van der Waals surface area contributed by atoms with Crippen LogP contribution in [0, 0.1) is 17.7 Å². The lowest BCUT2D eigenvalue weighted by atomic mass is 10.00. The highest BCUT2D eigenvalue weighted by molar-refractivity contribution is 5.86. The van der Waals surface area contributed by atoms with Gasteiger partial charge in [-0.05, 0) is 41.5 Å². The van der Waals surface area contributed by atoms with Gasteiger partial charge in [0.2, 0.25) is 0 Å². The normalized spacial score (nSPS) is 12.1. The molecule has 0 radical (unpaired) electrons. The summed E-state index contributed by atoms with van der Waals surface area (Å²) in [7, 11) is 0. The summed E-state index contributed by atoms with van der Waals surface area (Å²) in [6.45, 7) is 2.86. The van der Waals surface area contributed by atoms with Crippen LogP contribution in [0.15, 0.2) is 78.9 Å². The van der Waals surface area contributed by atoms with Crippen molar-refractivity contribution in [3.63, 3.8) is 0 Å². The molecular weight excluding hydrogens is 309 g/mol. The van der Waals surface area contributed by atoms with Crippen LogP contribution in [0.2, 0.25) is 0 Å².